The maximum absolute atomic E-state index is 6.00. The molecule has 2 atom stereocenters. The largest absolute Gasteiger partial charge is 0.375 e. The second kappa shape index (κ2) is 5.41. The zero-order valence-corrected chi connectivity index (χ0v) is 11.6. The third-order valence-corrected chi connectivity index (χ3v) is 4.50. The smallest absolute Gasteiger partial charge is 0.0660 e. The number of ether oxygens (including phenoxy) is 1. The van der Waals surface area contributed by atoms with Gasteiger partial charge in [0.15, 0.2) is 0 Å². The molecule has 0 radical (unpaired) electrons. The van der Waals surface area contributed by atoms with Gasteiger partial charge >= 0.3 is 0 Å². The standard InChI is InChI=1S/C16H25NO/c1-3-15(2)13-16(9-11-17,10-12-18-15)14-7-5-4-6-8-14/h4-8H,3,9-13,17H2,1-2H3/t15-,16+/m0/s1. The summed E-state index contributed by atoms with van der Waals surface area (Å²) in [5.41, 5.74) is 7.51. The van der Waals surface area contributed by atoms with Crippen molar-refractivity contribution in [2.24, 2.45) is 5.73 Å². The van der Waals surface area contributed by atoms with Gasteiger partial charge in [-0.15, -0.1) is 0 Å². The number of benzene rings is 1. The van der Waals surface area contributed by atoms with Gasteiger partial charge < -0.3 is 10.5 Å². The van der Waals surface area contributed by atoms with Gasteiger partial charge in [0.25, 0.3) is 0 Å². The molecular weight excluding hydrogens is 222 g/mol. The highest BCUT2D eigenvalue weighted by atomic mass is 16.5. The Hall–Kier alpha value is -0.860. The van der Waals surface area contributed by atoms with Crippen LogP contribution in [0.25, 0.3) is 0 Å². The van der Waals surface area contributed by atoms with Gasteiger partial charge in [-0.3, -0.25) is 0 Å². The fourth-order valence-electron chi connectivity index (χ4n) is 3.25. The van der Waals surface area contributed by atoms with Crippen LogP contribution in [-0.4, -0.2) is 18.8 Å². The summed E-state index contributed by atoms with van der Waals surface area (Å²) in [5, 5.41) is 0. The van der Waals surface area contributed by atoms with Crippen molar-refractivity contribution < 1.29 is 4.74 Å². The van der Waals surface area contributed by atoms with E-state index in [1.807, 2.05) is 0 Å². The molecule has 0 bridgehead atoms. The van der Waals surface area contributed by atoms with Crippen molar-refractivity contribution in [3.63, 3.8) is 0 Å². The Bertz CT molecular complexity index is 374. The van der Waals surface area contributed by atoms with E-state index < -0.39 is 0 Å². The van der Waals surface area contributed by atoms with E-state index in [0.717, 1.165) is 38.8 Å². The van der Waals surface area contributed by atoms with E-state index in [0.29, 0.717) is 0 Å². The zero-order valence-electron chi connectivity index (χ0n) is 11.6. The molecule has 18 heavy (non-hydrogen) atoms. The Balaban J connectivity index is 2.32. The third kappa shape index (κ3) is 2.60. The average Bonchev–Trinajstić information content (AvgIpc) is 2.40. The fourth-order valence-corrected chi connectivity index (χ4v) is 3.25. The van der Waals surface area contributed by atoms with Gasteiger partial charge in [-0.1, -0.05) is 37.3 Å². The van der Waals surface area contributed by atoms with Crippen LogP contribution in [0.15, 0.2) is 30.3 Å². The molecule has 1 heterocycles. The fraction of sp³-hybridized carbons (Fsp3) is 0.625. The number of hydrogen-bond donors (Lipinski definition) is 1. The molecule has 1 aromatic carbocycles. The first-order valence-electron chi connectivity index (χ1n) is 7.04. The first-order valence-corrected chi connectivity index (χ1v) is 7.04. The molecule has 0 saturated carbocycles. The number of nitrogens with two attached hydrogens (primary N) is 1. The lowest BCUT2D eigenvalue weighted by Gasteiger charge is -2.46. The summed E-state index contributed by atoms with van der Waals surface area (Å²) in [5.74, 6) is 0. The van der Waals surface area contributed by atoms with Crippen molar-refractivity contribution in [3.05, 3.63) is 35.9 Å². The molecule has 1 fully saturated rings. The van der Waals surface area contributed by atoms with E-state index >= 15 is 0 Å². The van der Waals surface area contributed by atoms with Crippen molar-refractivity contribution in [3.8, 4) is 0 Å². The van der Waals surface area contributed by atoms with Crippen molar-refractivity contribution >= 4 is 0 Å². The van der Waals surface area contributed by atoms with Crippen molar-refractivity contribution in [2.45, 2.75) is 50.5 Å². The Morgan fingerprint density at radius 3 is 2.61 bits per heavy atom. The van der Waals surface area contributed by atoms with Crippen molar-refractivity contribution in [1.82, 2.24) is 0 Å². The molecule has 2 nitrogen and oxygen atoms in total. The van der Waals surface area contributed by atoms with Crippen LogP contribution in [-0.2, 0) is 10.2 Å². The Morgan fingerprint density at radius 2 is 2.00 bits per heavy atom. The van der Waals surface area contributed by atoms with E-state index in [1.165, 1.54) is 5.56 Å². The van der Waals surface area contributed by atoms with Gasteiger partial charge in [0.05, 0.1) is 5.60 Å². The molecule has 2 heteroatoms. The molecule has 100 valence electrons. The Morgan fingerprint density at radius 1 is 1.28 bits per heavy atom. The monoisotopic (exact) mass is 247 g/mol. The predicted molar refractivity (Wildman–Crippen MR) is 75.7 cm³/mol. The summed E-state index contributed by atoms with van der Waals surface area (Å²) in [6, 6.07) is 10.8. The van der Waals surface area contributed by atoms with Crippen LogP contribution in [0.4, 0.5) is 0 Å². The van der Waals surface area contributed by atoms with Crippen molar-refractivity contribution in [2.75, 3.05) is 13.2 Å². The van der Waals surface area contributed by atoms with Crippen LogP contribution in [0.5, 0.6) is 0 Å². The second-order valence-electron chi connectivity index (χ2n) is 5.76. The molecule has 1 aliphatic rings. The summed E-state index contributed by atoms with van der Waals surface area (Å²) >= 11 is 0. The highest BCUT2D eigenvalue weighted by molar-refractivity contribution is 5.27. The zero-order chi connectivity index (χ0) is 13.1. The summed E-state index contributed by atoms with van der Waals surface area (Å²) in [6.45, 7) is 6.04. The second-order valence-corrected chi connectivity index (χ2v) is 5.76. The Labute approximate surface area is 111 Å². The van der Waals surface area contributed by atoms with Crippen LogP contribution >= 0.6 is 0 Å². The Kier molecular flexibility index (Phi) is 4.08. The molecule has 1 saturated heterocycles. The molecule has 0 aromatic heterocycles. The van der Waals surface area contributed by atoms with Gasteiger partial charge in [0.2, 0.25) is 0 Å². The van der Waals surface area contributed by atoms with Crippen LogP contribution in [0.3, 0.4) is 0 Å². The molecule has 1 aromatic rings. The summed E-state index contributed by atoms with van der Waals surface area (Å²) in [4.78, 5) is 0. The summed E-state index contributed by atoms with van der Waals surface area (Å²) < 4.78 is 6.00. The van der Waals surface area contributed by atoms with Crippen LogP contribution in [0.2, 0.25) is 0 Å². The van der Waals surface area contributed by atoms with Gasteiger partial charge in [-0.05, 0) is 44.7 Å². The number of hydrogen-bond acceptors (Lipinski definition) is 2. The van der Waals surface area contributed by atoms with E-state index in [9.17, 15) is 0 Å². The minimum atomic E-state index is 0.00324. The molecule has 2 rings (SSSR count). The predicted octanol–water partition coefficient (Wildman–Crippen LogP) is 3.25. The highest BCUT2D eigenvalue weighted by Crippen LogP contribution is 2.44. The molecule has 0 unspecified atom stereocenters. The van der Waals surface area contributed by atoms with Gasteiger partial charge in [0, 0.05) is 12.0 Å². The maximum Gasteiger partial charge on any atom is 0.0660 e. The molecule has 0 spiro atoms. The van der Waals surface area contributed by atoms with Crippen LogP contribution in [0.1, 0.15) is 45.1 Å². The highest BCUT2D eigenvalue weighted by Gasteiger charge is 2.42. The number of rotatable bonds is 4. The van der Waals surface area contributed by atoms with Crippen molar-refractivity contribution in [1.29, 1.82) is 0 Å². The SMILES string of the molecule is CC[C@@]1(C)C[C@](CCN)(c2ccccc2)CCO1. The molecule has 1 aliphatic heterocycles. The first-order chi connectivity index (χ1) is 8.64. The van der Waals surface area contributed by atoms with Gasteiger partial charge in [-0.2, -0.15) is 0 Å². The lowest BCUT2D eigenvalue weighted by atomic mass is 9.66. The molecule has 2 N–H and O–H groups in total. The van der Waals surface area contributed by atoms with E-state index in [2.05, 4.69) is 44.2 Å². The topological polar surface area (TPSA) is 35.2 Å². The van der Waals surface area contributed by atoms with Gasteiger partial charge in [0.1, 0.15) is 0 Å². The molecular formula is C16H25NO. The quantitative estimate of drug-likeness (QED) is 0.886. The lowest BCUT2D eigenvalue weighted by Crippen LogP contribution is -2.46. The molecule has 0 aliphatic carbocycles. The van der Waals surface area contributed by atoms with Crippen LogP contribution < -0.4 is 5.73 Å². The maximum atomic E-state index is 6.00. The first kappa shape index (κ1) is 13.6. The van der Waals surface area contributed by atoms with E-state index in [4.69, 9.17) is 10.5 Å². The molecule has 0 amide bonds. The summed E-state index contributed by atoms with van der Waals surface area (Å²) in [7, 11) is 0. The third-order valence-electron chi connectivity index (χ3n) is 4.50. The van der Waals surface area contributed by atoms with Gasteiger partial charge in [-0.25, -0.2) is 0 Å². The van der Waals surface area contributed by atoms with E-state index in [-0.39, 0.29) is 11.0 Å². The lowest BCUT2D eigenvalue weighted by molar-refractivity contribution is -0.0976. The average molecular weight is 247 g/mol. The minimum absolute atomic E-state index is 0.00324. The van der Waals surface area contributed by atoms with Crippen LogP contribution in [0, 0.1) is 0 Å². The van der Waals surface area contributed by atoms with E-state index in [1.54, 1.807) is 0 Å². The minimum Gasteiger partial charge on any atom is -0.375 e. The normalized spacial score (nSPS) is 32.4. The summed E-state index contributed by atoms with van der Waals surface area (Å²) in [6.07, 6.45) is 4.28.